The van der Waals surface area contributed by atoms with Crippen LogP contribution in [-0.2, 0) is 4.74 Å². The summed E-state index contributed by atoms with van der Waals surface area (Å²) in [5.74, 6) is 0. The van der Waals surface area contributed by atoms with Gasteiger partial charge < -0.3 is 15.2 Å². The van der Waals surface area contributed by atoms with Crippen LogP contribution in [0.4, 0.5) is 0 Å². The van der Waals surface area contributed by atoms with Crippen molar-refractivity contribution < 1.29 is 9.84 Å². The second kappa shape index (κ2) is 5.25. The van der Waals surface area contributed by atoms with Crippen LogP contribution in [0, 0.1) is 0 Å². The van der Waals surface area contributed by atoms with E-state index < -0.39 is 5.60 Å². The molecule has 2 aliphatic rings. The first kappa shape index (κ1) is 13.3. The fraction of sp³-hybridized carbons (Fsp3) is 1.00. The summed E-state index contributed by atoms with van der Waals surface area (Å²) >= 11 is 0. The maximum Gasteiger partial charge on any atom is 0.0715 e. The van der Waals surface area contributed by atoms with Crippen molar-refractivity contribution in [2.75, 3.05) is 13.2 Å². The summed E-state index contributed by atoms with van der Waals surface area (Å²) in [4.78, 5) is 0. The van der Waals surface area contributed by atoms with Gasteiger partial charge in [-0.15, -0.1) is 0 Å². The molecule has 0 aromatic carbocycles. The van der Waals surface area contributed by atoms with Gasteiger partial charge in [0.1, 0.15) is 0 Å². The second-order valence-corrected chi connectivity index (χ2v) is 6.48. The number of ether oxygens (including phenoxy) is 1. The van der Waals surface area contributed by atoms with Gasteiger partial charge >= 0.3 is 0 Å². The van der Waals surface area contributed by atoms with E-state index in [1.807, 2.05) is 13.8 Å². The van der Waals surface area contributed by atoms with Crippen LogP contribution in [0.15, 0.2) is 0 Å². The molecular weight excluding hydrogens is 214 g/mol. The van der Waals surface area contributed by atoms with Crippen molar-refractivity contribution in [1.82, 2.24) is 5.32 Å². The van der Waals surface area contributed by atoms with E-state index in [0.717, 1.165) is 19.4 Å². The maximum absolute atomic E-state index is 9.76. The molecule has 2 fully saturated rings. The normalized spacial score (nSPS) is 29.5. The van der Waals surface area contributed by atoms with Crippen molar-refractivity contribution in [3.8, 4) is 0 Å². The zero-order chi connectivity index (χ0) is 12.4. The van der Waals surface area contributed by atoms with Gasteiger partial charge in [-0.05, 0) is 39.5 Å². The van der Waals surface area contributed by atoms with E-state index in [9.17, 15) is 5.11 Å². The lowest BCUT2D eigenvalue weighted by Gasteiger charge is -2.44. The third-order valence-electron chi connectivity index (χ3n) is 4.08. The van der Waals surface area contributed by atoms with Crippen LogP contribution in [-0.4, -0.2) is 35.5 Å². The highest BCUT2D eigenvalue weighted by Crippen LogP contribution is 2.38. The van der Waals surface area contributed by atoms with Gasteiger partial charge in [0.2, 0.25) is 0 Å². The minimum absolute atomic E-state index is 0.160. The molecule has 1 unspecified atom stereocenters. The largest absolute Gasteiger partial charge is 0.389 e. The Balaban J connectivity index is 1.84. The zero-order valence-corrected chi connectivity index (χ0v) is 11.3. The minimum atomic E-state index is -0.613. The molecule has 1 atom stereocenters. The molecule has 0 radical (unpaired) electrons. The Kier molecular flexibility index (Phi) is 4.11. The van der Waals surface area contributed by atoms with Crippen LogP contribution in [0.5, 0.6) is 0 Å². The van der Waals surface area contributed by atoms with Gasteiger partial charge in [0.25, 0.3) is 0 Å². The molecule has 3 heteroatoms. The Morgan fingerprint density at radius 2 is 2.00 bits per heavy atom. The highest BCUT2D eigenvalue weighted by atomic mass is 16.5. The average molecular weight is 241 g/mol. The molecule has 2 rings (SSSR count). The van der Waals surface area contributed by atoms with E-state index in [1.54, 1.807) is 0 Å². The highest BCUT2D eigenvalue weighted by Gasteiger charge is 2.38. The van der Waals surface area contributed by atoms with E-state index in [0.29, 0.717) is 12.6 Å². The van der Waals surface area contributed by atoms with Crippen molar-refractivity contribution in [2.24, 2.45) is 0 Å². The molecule has 1 saturated heterocycles. The van der Waals surface area contributed by atoms with E-state index in [2.05, 4.69) is 5.32 Å². The molecule has 100 valence electrons. The number of nitrogens with one attached hydrogen (secondary N) is 1. The Morgan fingerprint density at radius 1 is 1.29 bits per heavy atom. The van der Waals surface area contributed by atoms with Gasteiger partial charge in [0, 0.05) is 19.2 Å². The summed E-state index contributed by atoms with van der Waals surface area (Å²) < 4.78 is 6.07. The van der Waals surface area contributed by atoms with Crippen LogP contribution < -0.4 is 5.32 Å². The molecule has 2 N–H and O–H groups in total. The summed E-state index contributed by atoms with van der Waals surface area (Å²) in [6.07, 6.45) is 8.67. The van der Waals surface area contributed by atoms with Crippen LogP contribution in [0.1, 0.15) is 58.8 Å². The fourth-order valence-corrected chi connectivity index (χ4v) is 3.14. The Hall–Kier alpha value is -0.120. The Morgan fingerprint density at radius 3 is 2.65 bits per heavy atom. The second-order valence-electron chi connectivity index (χ2n) is 6.48. The smallest absolute Gasteiger partial charge is 0.0715 e. The van der Waals surface area contributed by atoms with Crippen LogP contribution in [0.25, 0.3) is 0 Å². The summed E-state index contributed by atoms with van der Waals surface area (Å²) in [6.45, 7) is 5.27. The SMILES string of the molecule is CC(C)(O)CNC1CCOC2(CCCCC2)C1. The summed E-state index contributed by atoms with van der Waals surface area (Å²) in [5, 5.41) is 13.3. The highest BCUT2D eigenvalue weighted by molar-refractivity contribution is 4.92. The Bertz CT molecular complexity index is 236. The molecule has 1 aliphatic carbocycles. The number of aliphatic hydroxyl groups is 1. The van der Waals surface area contributed by atoms with Crippen molar-refractivity contribution in [3.05, 3.63) is 0 Å². The topological polar surface area (TPSA) is 41.5 Å². The average Bonchev–Trinajstić information content (AvgIpc) is 2.27. The van der Waals surface area contributed by atoms with Gasteiger partial charge in [0.05, 0.1) is 11.2 Å². The van der Waals surface area contributed by atoms with Crippen LogP contribution in [0.3, 0.4) is 0 Å². The molecule has 1 heterocycles. The quantitative estimate of drug-likeness (QED) is 0.796. The molecule has 1 saturated carbocycles. The van der Waals surface area contributed by atoms with Crippen LogP contribution in [0.2, 0.25) is 0 Å². The molecule has 0 aromatic rings. The molecule has 3 nitrogen and oxygen atoms in total. The number of hydrogen-bond acceptors (Lipinski definition) is 3. The first-order valence-electron chi connectivity index (χ1n) is 7.09. The molecular formula is C14H27NO2. The molecule has 0 bridgehead atoms. The molecule has 1 spiro atoms. The van der Waals surface area contributed by atoms with Crippen molar-refractivity contribution >= 4 is 0 Å². The summed E-state index contributed by atoms with van der Waals surface area (Å²) in [5.41, 5.74) is -0.453. The monoisotopic (exact) mass is 241 g/mol. The van der Waals surface area contributed by atoms with Crippen molar-refractivity contribution in [3.63, 3.8) is 0 Å². The van der Waals surface area contributed by atoms with Gasteiger partial charge in [-0.25, -0.2) is 0 Å². The van der Waals surface area contributed by atoms with Crippen molar-refractivity contribution in [2.45, 2.75) is 76.0 Å². The maximum atomic E-state index is 9.76. The summed E-state index contributed by atoms with van der Waals surface area (Å²) in [7, 11) is 0. The lowest BCUT2D eigenvalue weighted by atomic mass is 9.78. The fourth-order valence-electron chi connectivity index (χ4n) is 3.14. The lowest BCUT2D eigenvalue weighted by Crippen LogP contribution is -2.50. The van der Waals surface area contributed by atoms with Gasteiger partial charge in [0.15, 0.2) is 0 Å². The minimum Gasteiger partial charge on any atom is -0.389 e. The number of rotatable bonds is 3. The molecule has 17 heavy (non-hydrogen) atoms. The first-order chi connectivity index (χ1) is 7.99. The summed E-state index contributed by atoms with van der Waals surface area (Å²) in [6, 6.07) is 0.522. The lowest BCUT2D eigenvalue weighted by molar-refractivity contribution is -0.110. The van der Waals surface area contributed by atoms with Gasteiger partial charge in [-0.3, -0.25) is 0 Å². The van der Waals surface area contributed by atoms with Crippen LogP contribution >= 0.6 is 0 Å². The molecule has 0 aromatic heterocycles. The van der Waals surface area contributed by atoms with E-state index in [1.165, 1.54) is 32.1 Å². The standard InChI is InChI=1S/C14H27NO2/c1-13(2,16)11-15-12-6-9-17-14(10-12)7-4-3-5-8-14/h12,15-16H,3-11H2,1-2H3. The first-order valence-corrected chi connectivity index (χ1v) is 7.09. The van der Waals surface area contributed by atoms with Gasteiger partial charge in [-0.2, -0.15) is 0 Å². The molecule has 0 amide bonds. The van der Waals surface area contributed by atoms with E-state index in [-0.39, 0.29) is 5.60 Å². The number of hydrogen-bond donors (Lipinski definition) is 2. The third-order valence-corrected chi connectivity index (χ3v) is 4.08. The van der Waals surface area contributed by atoms with E-state index >= 15 is 0 Å². The van der Waals surface area contributed by atoms with Crippen molar-refractivity contribution in [1.29, 1.82) is 0 Å². The zero-order valence-electron chi connectivity index (χ0n) is 11.3. The Labute approximate surface area is 105 Å². The predicted octanol–water partition coefficient (Wildman–Crippen LogP) is 2.23. The van der Waals surface area contributed by atoms with Gasteiger partial charge in [-0.1, -0.05) is 19.3 Å². The van der Waals surface area contributed by atoms with E-state index in [4.69, 9.17) is 4.74 Å². The predicted molar refractivity (Wildman–Crippen MR) is 69.1 cm³/mol. The third kappa shape index (κ3) is 3.94. The molecule has 1 aliphatic heterocycles.